The highest BCUT2D eigenvalue weighted by Gasteiger charge is 2.52. The van der Waals surface area contributed by atoms with Crippen LogP contribution in [0.25, 0.3) is 0 Å². The molecule has 1 aliphatic heterocycles. The summed E-state index contributed by atoms with van der Waals surface area (Å²) in [4.78, 5) is 35.7. The Bertz CT molecular complexity index is 362. The summed E-state index contributed by atoms with van der Waals surface area (Å²) >= 11 is 0. The van der Waals surface area contributed by atoms with Gasteiger partial charge in [0.1, 0.15) is 5.41 Å². The number of barbiturate groups is 1. The lowest BCUT2D eigenvalue weighted by molar-refractivity contribution is -0.148. The number of amides is 4. The summed E-state index contributed by atoms with van der Waals surface area (Å²) in [5.41, 5.74) is -0.838. The van der Waals surface area contributed by atoms with Gasteiger partial charge in [-0.05, 0) is 13.3 Å². The standard InChI is InChI=1S/C10H14N2O3/c1-5-10(6(2)3)7(13)11-9(15)12(4)8(10)14/h2,5H2,1,3-4H3,(H,11,13,15). The molecule has 0 aromatic rings. The fourth-order valence-corrected chi connectivity index (χ4v) is 1.75. The minimum absolute atomic E-state index is 0.296. The Morgan fingerprint density at radius 1 is 1.47 bits per heavy atom. The summed E-state index contributed by atoms with van der Waals surface area (Å²) in [7, 11) is 1.34. The molecule has 0 saturated carbocycles. The number of nitrogens with zero attached hydrogens (tertiary/aromatic N) is 1. The van der Waals surface area contributed by atoms with Crippen molar-refractivity contribution in [1.29, 1.82) is 0 Å². The van der Waals surface area contributed by atoms with Crippen molar-refractivity contribution < 1.29 is 14.4 Å². The summed E-state index contributed by atoms with van der Waals surface area (Å²) in [6.07, 6.45) is 0.296. The van der Waals surface area contributed by atoms with Gasteiger partial charge in [-0.2, -0.15) is 0 Å². The van der Waals surface area contributed by atoms with E-state index >= 15 is 0 Å². The van der Waals surface area contributed by atoms with Gasteiger partial charge >= 0.3 is 6.03 Å². The third kappa shape index (κ3) is 1.35. The molecule has 1 heterocycles. The average Bonchev–Trinajstić information content (AvgIpc) is 2.15. The molecule has 1 rings (SSSR count). The minimum Gasteiger partial charge on any atom is -0.276 e. The van der Waals surface area contributed by atoms with E-state index in [4.69, 9.17) is 0 Å². The molecular weight excluding hydrogens is 196 g/mol. The first kappa shape index (κ1) is 11.4. The topological polar surface area (TPSA) is 66.5 Å². The SMILES string of the molecule is C=C(C)C1(CC)C(=O)NC(=O)N(C)C1=O. The van der Waals surface area contributed by atoms with Crippen molar-refractivity contribution >= 4 is 17.8 Å². The number of hydrogen-bond donors (Lipinski definition) is 1. The second-order valence-corrected chi connectivity index (χ2v) is 3.66. The van der Waals surface area contributed by atoms with Gasteiger partial charge in [0.2, 0.25) is 11.8 Å². The summed E-state index contributed by atoms with van der Waals surface area (Å²) in [5, 5.41) is 2.15. The van der Waals surface area contributed by atoms with Crippen molar-refractivity contribution in [2.45, 2.75) is 20.3 Å². The maximum absolute atomic E-state index is 11.9. The van der Waals surface area contributed by atoms with E-state index in [9.17, 15) is 14.4 Å². The molecular formula is C10H14N2O3. The summed E-state index contributed by atoms with van der Waals surface area (Å²) < 4.78 is 0. The number of nitrogens with one attached hydrogen (secondary N) is 1. The lowest BCUT2D eigenvalue weighted by Gasteiger charge is -2.37. The van der Waals surface area contributed by atoms with Crippen molar-refractivity contribution in [3.8, 4) is 0 Å². The lowest BCUT2D eigenvalue weighted by atomic mass is 9.76. The molecule has 1 unspecified atom stereocenters. The molecule has 0 aromatic heterocycles. The Morgan fingerprint density at radius 3 is 2.40 bits per heavy atom. The first-order chi connectivity index (χ1) is 6.87. The first-order valence-corrected chi connectivity index (χ1v) is 4.67. The zero-order chi connectivity index (χ0) is 11.8. The van der Waals surface area contributed by atoms with Crippen molar-refractivity contribution in [2.24, 2.45) is 5.41 Å². The van der Waals surface area contributed by atoms with Crippen molar-refractivity contribution in [3.05, 3.63) is 12.2 Å². The van der Waals surface area contributed by atoms with Gasteiger partial charge in [0.05, 0.1) is 0 Å². The molecule has 0 aliphatic carbocycles. The highest BCUT2D eigenvalue weighted by atomic mass is 16.2. The Morgan fingerprint density at radius 2 is 2.00 bits per heavy atom. The van der Waals surface area contributed by atoms with Crippen LogP contribution < -0.4 is 5.32 Å². The van der Waals surface area contributed by atoms with Gasteiger partial charge in [0, 0.05) is 7.05 Å². The van der Waals surface area contributed by atoms with Crippen LogP contribution in [0.1, 0.15) is 20.3 Å². The predicted octanol–water partition coefficient (Wildman–Crippen LogP) is 0.667. The highest BCUT2D eigenvalue weighted by molar-refractivity contribution is 6.20. The van der Waals surface area contributed by atoms with Crippen LogP contribution in [0.5, 0.6) is 0 Å². The number of urea groups is 1. The fraction of sp³-hybridized carbons (Fsp3) is 0.500. The van der Waals surface area contributed by atoms with E-state index in [0.717, 1.165) is 4.90 Å². The predicted molar refractivity (Wildman–Crippen MR) is 53.8 cm³/mol. The fourth-order valence-electron chi connectivity index (χ4n) is 1.75. The normalized spacial score (nSPS) is 26.6. The summed E-state index contributed by atoms with van der Waals surface area (Å²) in [6, 6.07) is -0.685. The second kappa shape index (κ2) is 3.49. The van der Waals surface area contributed by atoms with Crippen LogP contribution in [0.4, 0.5) is 4.79 Å². The van der Waals surface area contributed by atoms with Gasteiger partial charge < -0.3 is 0 Å². The molecule has 1 aliphatic rings. The molecule has 5 heteroatoms. The van der Waals surface area contributed by atoms with E-state index in [-0.39, 0.29) is 0 Å². The maximum atomic E-state index is 11.9. The van der Waals surface area contributed by atoms with Crippen molar-refractivity contribution in [3.63, 3.8) is 0 Å². The number of carbonyl (C=O) groups is 3. The molecule has 15 heavy (non-hydrogen) atoms. The number of rotatable bonds is 2. The van der Waals surface area contributed by atoms with E-state index in [1.54, 1.807) is 13.8 Å². The molecule has 0 spiro atoms. The monoisotopic (exact) mass is 210 g/mol. The molecule has 1 saturated heterocycles. The number of hydrogen-bond acceptors (Lipinski definition) is 3. The summed E-state index contributed by atoms with van der Waals surface area (Å²) in [5.74, 6) is -1.09. The van der Waals surface area contributed by atoms with Gasteiger partial charge in [-0.1, -0.05) is 19.1 Å². The van der Waals surface area contributed by atoms with Gasteiger partial charge in [-0.3, -0.25) is 19.8 Å². The zero-order valence-corrected chi connectivity index (χ0v) is 9.09. The largest absolute Gasteiger partial charge is 0.330 e. The Labute approximate surface area is 88.1 Å². The summed E-state index contributed by atoms with van der Waals surface area (Å²) in [6.45, 7) is 7.00. The maximum Gasteiger partial charge on any atom is 0.330 e. The van der Waals surface area contributed by atoms with Crippen LogP contribution in [0, 0.1) is 5.41 Å². The van der Waals surface area contributed by atoms with Gasteiger partial charge in [0.25, 0.3) is 0 Å². The third-order valence-corrected chi connectivity index (χ3v) is 2.84. The zero-order valence-electron chi connectivity index (χ0n) is 9.09. The Kier molecular flexibility index (Phi) is 2.66. The third-order valence-electron chi connectivity index (χ3n) is 2.84. The van der Waals surface area contributed by atoms with E-state index in [0.29, 0.717) is 12.0 Å². The Hall–Kier alpha value is -1.65. The van der Waals surface area contributed by atoms with E-state index in [1.165, 1.54) is 7.05 Å². The van der Waals surface area contributed by atoms with Crippen LogP contribution in [0.15, 0.2) is 12.2 Å². The van der Waals surface area contributed by atoms with Crippen LogP contribution >= 0.6 is 0 Å². The number of carbonyl (C=O) groups excluding carboxylic acids is 3. The van der Waals surface area contributed by atoms with Gasteiger partial charge in [0.15, 0.2) is 0 Å². The minimum atomic E-state index is -1.29. The highest BCUT2D eigenvalue weighted by Crippen LogP contribution is 2.34. The van der Waals surface area contributed by atoms with E-state index in [1.807, 2.05) is 0 Å². The molecule has 0 aromatic carbocycles. The van der Waals surface area contributed by atoms with E-state index < -0.39 is 23.3 Å². The van der Waals surface area contributed by atoms with Gasteiger partial charge in [-0.15, -0.1) is 0 Å². The molecule has 5 nitrogen and oxygen atoms in total. The Balaban J connectivity index is 3.27. The van der Waals surface area contributed by atoms with Crippen LogP contribution in [-0.2, 0) is 9.59 Å². The smallest absolute Gasteiger partial charge is 0.276 e. The van der Waals surface area contributed by atoms with Crippen LogP contribution in [-0.4, -0.2) is 29.8 Å². The van der Waals surface area contributed by atoms with Crippen LogP contribution in [0.2, 0.25) is 0 Å². The first-order valence-electron chi connectivity index (χ1n) is 4.67. The quantitative estimate of drug-likeness (QED) is 0.538. The van der Waals surface area contributed by atoms with Crippen LogP contribution in [0.3, 0.4) is 0 Å². The second-order valence-electron chi connectivity index (χ2n) is 3.66. The molecule has 4 amide bonds. The molecule has 1 atom stereocenters. The molecule has 0 bridgehead atoms. The van der Waals surface area contributed by atoms with Crippen molar-refractivity contribution in [1.82, 2.24) is 10.2 Å². The number of imide groups is 2. The molecule has 1 fully saturated rings. The molecule has 0 radical (unpaired) electrons. The van der Waals surface area contributed by atoms with Gasteiger partial charge in [-0.25, -0.2) is 4.79 Å². The molecule has 1 N–H and O–H groups in total. The lowest BCUT2D eigenvalue weighted by Crippen LogP contribution is -2.62. The van der Waals surface area contributed by atoms with E-state index in [2.05, 4.69) is 11.9 Å². The van der Waals surface area contributed by atoms with Crippen molar-refractivity contribution in [2.75, 3.05) is 7.05 Å². The average molecular weight is 210 g/mol. The molecule has 82 valence electrons.